The molecule has 6 heteroatoms. The molecule has 0 bridgehead atoms. The van der Waals surface area contributed by atoms with E-state index in [2.05, 4.69) is 48.1 Å². The molecule has 1 aliphatic carbocycles. The zero-order valence-electron chi connectivity index (χ0n) is 18.1. The Hall–Kier alpha value is -2.36. The van der Waals surface area contributed by atoms with Crippen LogP contribution in [0.5, 0.6) is 5.75 Å². The largest absolute Gasteiger partial charge is 0.495 e. The topological polar surface area (TPSA) is 62.1 Å². The number of carbonyl (C=O) groups excluding carboxylic acids is 1. The number of hydrogen-bond donors (Lipinski definition) is 1. The maximum Gasteiger partial charge on any atom is 0.260 e. The number of hydrogen-bond acceptors (Lipinski definition) is 4. The number of nitriles is 1. The number of amides is 1. The third-order valence-corrected chi connectivity index (χ3v) is 8.18. The van der Waals surface area contributed by atoms with Crippen LogP contribution in [-0.4, -0.2) is 13.0 Å². The summed E-state index contributed by atoms with van der Waals surface area (Å²) in [5.74, 6) is 0.792. The molecule has 1 unspecified atom stereocenters. The zero-order chi connectivity index (χ0) is 22.3. The average molecular weight is 497 g/mol. The summed E-state index contributed by atoms with van der Waals surface area (Å²) in [6.45, 7) is 6.82. The van der Waals surface area contributed by atoms with E-state index in [4.69, 9.17) is 4.74 Å². The van der Waals surface area contributed by atoms with Gasteiger partial charge < -0.3 is 10.1 Å². The maximum atomic E-state index is 13.3. The Kier molecular flexibility index (Phi) is 5.85. The van der Waals surface area contributed by atoms with Gasteiger partial charge in [0.05, 0.1) is 22.7 Å². The number of anilines is 1. The number of carbonyl (C=O) groups is 1. The van der Waals surface area contributed by atoms with Crippen molar-refractivity contribution in [3.8, 4) is 11.8 Å². The third kappa shape index (κ3) is 3.97. The lowest BCUT2D eigenvalue weighted by Gasteiger charge is -2.33. The van der Waals surface area contributed by atoms with Crippen LogP contribution < -0.4 is 10.1 Å². The minimum Gasteiger partial charge on any atom is -0.495 e. The summed E-state index contributed by atoms with van der Waals surface area (Å²) < 4.78 is 6.31. The van der Waals surface area contributed by atoms with Gasteiger partial charge >= 0.3 is 0 Å². The molecule has 4 nitrogen and oxygen atoms in total. The Balaban J connectivity index is 1.70. The number of thiophene rings is 1. The van der Waals surface area contributed by atoms with Crippen molar-refractivity contribution >= 4 is 48.9 Å². The minimum atomic E-state index is -0.272. The summed E-state index contributed by atoms with van der Waals surface area (Å²) in [6.07, 6.45) is 2.91. The Bertz CT molecular complexity index is 1220. The SMILES string of the molecule is COc1c(C(=O)Nc2sc3c(c2C#N)CCC(C(C)(C)C)C3)cc2ccccc2c1Br. The van der Waals surface area contributed by atoms with Gasteiger partial charge in [-0.2, -0.15) is 5.26 Å². The van der Waals surface area contributed by atoms with Gasteiger partial charge in [-0.05, 0) is 68.9 Å². The molecule has 1 atom stereocenters. The summed E-state index contributed by atoms with van der Waals surface area (Å²) >= 11 is 5.14. The average Bonchev–Trinajstić information content (AvgIpc) is 3.09. The Morgan fingerprint density at radius 3 is 2.74 bits per heavy atom. The number of benzene rings is 2. The van der Waals surface area contributed by atoms with Crippen LogP contribution >= 0.6 is 27.3 Å². The Morgan fingerprint density at radius 1 is 1.32 bits per heavy atom. The highest BCUT2D eigenvalue weighted by atomic mass is 79.9. The summed E-state index contributed by atoms with van der Waals surface area (Å²) in [5, 5.41) is 15.4. The van der Waals surface area contributed by atoms with Crippen molar-refractivity contribution in [3.63, 3.8) is 0 Å². The van der Waals surface area contributed by atoms with E-state index >= 15 is 0 Å². The quantitative estimate of drug-likeness (QED) is 0.426. The van der Waals surface area contributed by atoms with E-state index in [9.17, 15) is 10.1 Å². The molecule has 1 aromatic heterocycles. The van der Waals surface area contributed by atoms with Crippen LogP contribution in [0.3, 0.4) is 0 Å². The van der Waals surface area contributed by atoms with Crippen molar-refractivity contribution in [2.45, 2.75) is 40.0 Å². The van der Waals surface area contributed by atoms with Crippen LogP contribution in [0.15, 0.2) is 34.8 Å². The highest BCUT2D eigenvalue weighted by molar-refractivity contribution is 9.10. The molecule has 0 fully saturated rings. The number of nitrogens with one attached hydrogen (secondary N) is 1. The van der Waals surface area contributed by atoms with Crippen molar-refractivity contribution in [3.05, 3.63) is 56.4 Å². The number of methoxy groups -OCH3 is 1. The molecule has 4 rings (SSSR count). The van der Waals surface area contributed by atoms with E-state index < -0.39 is 0 Å². The van der Waals surface area contributed by atoms with E-state index in [-0.39, 0.29) is 11.3 Å². The standard InChI is InChI=1S/C25H25BrN2O2S/c1-25(2,3)15-9-10-17-19(13-27)24(31-20(17)12-15)28-23(29)18-11-14-7-5-6-8-16(14)21(26)22(18)30-4/h5-8,11,15H,9-10,12H2,1-4H3,(H,28,29). The molecule has 0 aliphatic heterocycles. The van der Waals surface area contributed by atoms with Crippen molar-refractivity contribution in [2.75, 3.05) is 12.4 Å². The van der Waals surface area contributed by atoms with Gasteiger partial charge in [0.1, 0.15) is 16.8 Å². The van der Waals surface area contributed by atoms with Crippen molar-refractivity contribution < 1.29 is 9.53 Å². The van der Waals surface area contributed by atoms with Crippen LogP contribution in [-0.2, 0) is 12.8 Å². The van der Waals surface area contributed by atoms with Gasteiger partial charge in [0.15, 0.2) is 0 Å². The van der Waals surface area contributed by atoms with Gasteiger partial charge in [-0.3, -0.25) is 4.79 Å². The monoisotopic (exact) mass is 496 g/mol. The third-order valence-electron chi connectivity index (χ3n) is 6.22. The molecular weight excluding hydrogens is 472 g/mol. The lowest BCUT2D eigenvalue weighted by atomic mass is 9.72. The Labute approximate surface area is 195 Å². The highest BCUT2D eigenvalue weighted by Crippen LogP contribution is 2.44. The van der Waals surface area contributed by atoms with Crippen LogP contribution in [0.4, 0.5) is 5.00 Å². The first kappa shape index (κ1) is 21.9. The molecule has 31 heavy (non-hydrogen) atoms. The van der Waals surface area contributed by atoms with Gasteiger partial charge in [-0.1, -0.05) is 45.0 Å². The fourth-order valence-corrected chi connectivity index (χ4v) is 6.36. The fraction of sp³-hybridized carbons (Fsp3) is 0.360. The summed E-state index contributed by atoms with van der Waals surface area (Å²) in [4.78, 5) is 14.5. The van der Waals surface area contributed by atoms with Gasteiger partial charge in [-0.25, -0.2) is 0 Å². The number of fused-ring (bicyclic) bond motifs is 2. The second kappa shape index (κ2) is 8.29. The van der Waals surface area contributed by atoms with Gasteiger partial charge in [0.25, 0.3) is 5.91 Å². The molecule has 0 radical (unpaired) electrons. The predicted octanol–water partition coefficient (Wildman–Crippen LogP) is 6.95. The number of nitrogens with zero attached hydrogens (tertiary/aromatic N) is 1. The maximum absolute atomic E-state index is 13.3. The van der Waals surface area contributed by atoms with Crippen molar-refractivity contribution in [1.82, 2.24) is 0 Å². The lowest BCUT2D eigenvalue weighted by molar-refractivity contribution is 0.102. The van der Waals surface area contributed by atoms with E-state index in [0.717, 1.165) is 40.1 Å². The van der Waals surface area contributed by atoms with Crippen molar-refractivity contribution in [2.24, 2.45) is 11.3 Å². The minimum absolute atomic E-state index is 0.225. The number of rotatable bonds is 3. The first-order valence-electron chi connectivity index (χ1n) is 10.4. The number of ether oxygens (including phenoxy) is 1. The molecule has 1 N–H and O–H groups in total. The summed E-state index contributed by atoms with van der Waals surface area (Å²) in [6, 6.07) is 12.0. The molecule has 0 saturated carbocycles. The predicted molar refractivity (Wildman–Crippen MR) is 130 cm³/mol. The molecule has 1 heterocycles. The molecule has 0 saturated heterocycles. The smallest absolute Gasteiger partial charge is 0.260 e. The molecule has 1 amide bonds. The first-order valence-corrected chi connectivity index (χ1v) is 12.0. The molecule has 0 spiro atoms. The lowest BCUT2D eigenvalue weighted by Crippen LogP contribution is -2.26. The molecule has 1 aliphatic rings. The van der Waals surface area contributed by atoms with E-state index in [1.807, 2.05) is 30.3 Å². The van der Waals surface area contributed by atoms with Gasteiger partial charge in [0, 0.05) is 4.88 Å². The second-order valence-electron chi connectivity index (χ2n) is 9.07. The molecule has 3 aromatic rings. The van der Waals surface area contributed by atoms with Crippen LogP contribution in [0.25, 0.3) is 10.8 Å². The first-order chi connectivity index (χ1) is 14.7. The van der Waals surface area contributed by atoms with E-state index in [1.165, 1.54) is 4.88 Å². The van der Waals surface area contributed by atoms with Gasteiger partial charge in [-0.15, -0.1) is 11.3 Å². The zero-order valence-corrected chi connectivity index (χ0v) is 20.5. The van der Waals surface area contributed by atoms with Crippen LogP contribution in [0.1, 0.15) is 53.6 Å². The second-order valence-corrected chi connectivity index (χ2v) is 11.0. The summed E-state index contributed by atoms with van der Waals surface area (Å²) in [5.41, 5.74) is 2.38. The molecule has 2 aromatic carbocycles. The fourth-order valence-electron chi connectivity index (χ4n) is 4.35. The van der Waals surface area contributed by atoms with Crippen molar-refractivity contribution in [1.29, 1.82) is 5.26 Å². The van der Waals surface area contributed by atoms with E-state index in [1.54, 1.807) is 18.4 Å². The van der Waals surface area contributed by atoms with Crippen LogP contribution in [0.2, 0.25) is 0 Å². The number of halogens is 1. The summed E-state index contributed by atoms with van der Waals surface area (Å²) in [7, 11) is 1.56. The van der Waals surface area contributed by atoms with Gasteiger partial charge in [0.2, 0.25) is 0 Å². The van der Waals surface area contributed by atoms with Crippen LogP contribution in [0, 0.1) is 22.7 Å². The highest BCUT2D eigenvalue weighted by Gasteiger charge is 2.32. The molecule has 160 valence electrons. The molecular formula is C25H25BrN2O2S. The Morgan fingerprint density at radius 2 is 2.06 bits per heavy atom. The van der Waals surface area contributed by atoms with E-state index in [0.29, 0.717) is 27.8 Å². The normalized spacial score (nSPS) is 15.9.